The van der Waals surface area contributed by atoms with E-state index in [1.165, 1.54) is 0 Å². The van der Waals surface area contributed by atoms with Crippen molar-refractivity contribution in [2.75, 3.05) is 14.2 Å². The molecule has 0 aromatic heterocycles. The highest BCUT2D eigenvalue weighted by atomic mass is 16.5. The number of hydrogen-bond donors (Lipinski definition) is 0. The van der Waals surface area contributed by atoms with Gasteiger partial charge in [-0.25, -0.2) is 0 Å². The molecule has 19 heavy (non-hydrogen) atoms. The Morgan fingerprint density at radius 2 is 1.58 bits per heavy atom. The molecule has 0 saturated carbocycles. The van der Waals surface area contributed by atoms with Gasteiger partial charge >= 0.3 is 0 Å². The van der Waals surface area contributed by atoms with E-state index < -0.39 is 0 Å². The van der Waals surface area contributed by atoms with E-state index in [4.69, 9.17) is 9.47 Å². The van der Waals surface area contributed by atoms with Crippen molar-refractivity contribution < 1.29 is 9.47 Å². The van der Waals surface area contributed by atoms with Crippen LogP contribution in [0.1, 0.15) is 12.5 Å². The topological polar surface area (TPSA) is 30.8 Å². The SMILES string of the molecule is COc1ccc(C(C)=Nc2ccccc2)cc1OC. The first-order valence-electron chi connectivity index (χ1n) is 6.07. The highest BCUT2D eigenvalue weighted by Crippen LogP contribution is 2.28. The first kappa shape index (κ1) is 13.1. The quantitative estimate of drug-likeness (QED) is 0.777. The van der Waals surface area contributed by atoms with E-state index in [9.17, 15) is 0 Å². The van der Waals surface area contributed by atoms with Crippen molar-refractivity contribution in [3.8, 4) is 11.5 Å². The normalized spacial score (nSPS) is 11.2. The van der Waals surface area contributed by atoms with Gasteiger partial charge in [-0.05, 0) is 42.8 Å². The van der Waals surface area contributed by atoms with Crippen LogP contribution in [0, 0.1) is 0 Å². The number of hydrogen-bond acceptors (Lipinski definition) is 3. The average molecular weight is 255 g/mol. The summed E-state index contributed by atoms with van der Waals surface area (Å²) in [5, 5.41) is 0. The lowest BCUT2D eigenvalue weighted by Crippen LogP contribution is -1.97. The Kier molecular flexibility index (Phi) is 4.18. The van der Waals surface area contributed by atoms with E-state index in [1.54, 1.807) is 14.2 Å². The fourth-order valence-electron chi connectivity index (χ4n) is 1.82. The fraction of sp³-hybridized carbons (Fsp3) is 0.188. The van der Waals surface area contributed by atoms with Crippen LogP contribution < -0.4 is 9.47 Å². The van der Waals surface area contributed by atoms with Crippen molar-refractivity contribution in [3.05, 3.63) is 54.1 Å². The molecular formula is C16H17NO2. The van der Waals surface area contributed by atoms with E-state index in [0.717, 1.165) is 22.7 Å². The number of rotatable bonds is 4. The van der Waals surface area contributed by atoms with Gasteiger partial charge in [-0.2, -0.15) is 0 Å². The first-order chi connectivity index (χ1) is 9.24. The molecule has 0 radical (unpaired) electrons. The van der Waals surface area contributed by atoms with Crippen molar-refractivity contribution >= 4 is 11.4 Å². The lowest BCUT2D eigenvalue weighted by atomic mass is 10.1. The molecule has 0 aliphatic heterocycles. The predicted octanol–water partition coefficient (Wildman–Crippen LogP) is 3.84. The lowest BCUT2D eigenvalue weighted by molar-refractivity contribution is 0.355. The number of aliphatic imine (C=N–C) groups is 1. The molecule has 2 rings (SSSR count). The van der Waals surface area contributed by atoms with Gasteiger partial charge in [-0.1, -0.05) is 18.2 Å². The summed E-state index contributed by atoms with van der Waals surface area (Å²) in [4.78, 5) is 4.58. The molecule has 98 valence electrons. The molecule has 0 aliphatic rings. The molecule has 0 fully saturated rings. The van der Waals surface area contributed by atoms with Gasteiger partial charge in [0.25, 0.3) is 0 Å². The van der Waals surface area contributed by atoms with Crippen molar-refractivity contribution in [1.29, 1.82) is 0 Å². The molecule has 2 aromatic carbocycles. The third kappa shape index (κ3) is 3.13. The Balaban J connectivity index is 2.34. The molecule has 3 nitrogen and oxygen atoms in total. The Hall–Kier alpha value is -2.29. The molecule has 0 amide bonds. The molecule has 0 atom stereocenters. The molecule has 0 saturated heterocycles. The zero-order valence-corrected chi connectivity index (χ0v) is 11.4. The van der Waals surface area contributed by atoms with Gasteiger partial charge in [-0.15, -0.1) is 0 Å². The van der Waals surface area contributed by atoms with Gasteiger partial charge < -0.3 is 9.47 Å². The predicted molar refractivity (Wildman–Crippen MR) is 77.9 cm³/mol. The van der Waals surface area contributed by atoms with Crippen LogP contribution in [0.3, 0.4) is 0 Å². The second-order valence-electron chi connectivity index (χ2n) is 4.10. The van der Waals surface area contributed by atoms with Crippen LogP contribution in [0.5, 0.6) is 11.5 Å². The molecule has 0 bridgehead atoms. The largest absolute Gasteiger partial charge is 0.493 e. The Labute approximate surface area is 113 Å². The summed E-state index contributed by atoms with van der Waals surface area (Å²) in [5.41, 5.74) is 2.89. The van der Waals surface area contributed by atoms with Crippen LogP contribution in [0.2, 0.25) is 0 Å². The third-order valence-corrected chi connectivity index (χ3v) is 2.85. The summed E-state index contributed by atoms with van der Waals surface area (Å²) >= 11 is 0. The van der Waals surface area contributed by atoms with Crippen LogP contribution in [-0.4, -0.2) is 19.9 Å². The second kappa shape index (κ2) is 6.05. The fourth-order valence-corrected chi connectivity index (χ4v) is 1.82. The molecule has 3 heteroatoms. The molecule has 0 N–H and O–H groups in total. The summed E-state index contributed by atoms with van der Waals surface area (Å²) in [6.45, 7) is 1.98. The van der Waals surface area contributed by atoms with E-state index in [-0.39, 0.29) is 0 Å². The molecule has 0 unspecified atom stereocenters. The van der Waals surface area contributed by atoms with Crippen LogP contribution >= 0.6 is 0 Å². The van der Waals surface area contributed by atoms with Gasteiger partial charge in [0.2, 0.25) is 0 Å². The first-order valence-corrected chi connectivity index (χ1v) is 6.07. The molecule has 2 aromatic rings. The summed E-state index contributed by atoms with van der Waals surface area (Å²) in [6, 6.07) is 15.7. The van der Waals surface area contributed by atoms with Gasteiger partial charge in [-0.3, -0.25) is 4.99 Å². The zero-order chi connectivity index (χ0) is 13.7. The average Bonchev–Trinajstić information content (AvgIpc) is 2.47. The maximum absolute atomic E-state index is 5.30. The maximum atomic E-state index is 5.30. The van der Waals surface area contributed by atoms with E-state index in [1.807, 2.05) is 55.5 Å². The second-order valence-corrected chi connectivity index (χ2v) is 4.10. The minimum atomic E-state index is 0.711. The monoisotopic (exact) mass is 255 g/mol. The van der Waals surface area contributed by atoms with Crippen LogP contribution in [-0.2, 0) is 0 Å². The smallest absolute Gasteiger partial charge is 0.161 e. The molecule has 0 spiro atoms. The summed E-state index contributed by atoms with van der Waals surface area (Å²) < 4.78 is 10.5. The Morgan fingerprint density at radius 3 is 2.21 bits per heavy atom. The van der Waals surface area contributed by atoms with Crippen molar-refractivity contribution in [3.63, 3.8) is 0 Å². The minimum absolute atomic E-state index is 0.711. The number of methoxy groups -OCH3 is 2. The maximum Gasteiger partial charge on any atom is 0.161 e. The number of ether oxygens (including phenoxy) is 2. The molecular weight excluding hydrogens is 238 g/mol. The van der Waals surface area contributed by atoms with E-state index >= 15 is 0 Å². The van der Waals surface area contributed by atoms with Crippen LogP contribution in [0.25, 0.3) is 0 Å². The van der Waals surface area contributed by atoms with E-state index in [0.29, 0.717) is 5.75 Å². The van der Waals surface area contributed by atoms with Gasteiger partial charge in [0.15, 0.2) is 11.5 Å². The third-order valence-electron chi connectivity index (χ3n) is 2.85. The Morgan fingerprint density at radius 1 is 0.895 bits per heavy atom. The van der Waals surface area contributed by atoms with Gasteiger partial charge in [0.1, 0.15) is 0 Å². The molecule has 0 heterocycles. The lowest BCUT2D eigenvalue weighted by Gasteiger charge is -2.09. The van der Waals surface area contributed by atoms with Crippen LogP contribution in [0.15, 0.2) is 53.5 Å². The number of benzene rings is 2. The highest BCUT2D eigenvalue weighted by molar-refractivity contribution is 6.00. The van der Waals surface area contributed by atoms with Gasteiger partial charge in [0, 0.05) is 5.71 Å². The zero-order valence-electron chi connectivity index (χ0n) is 11.4. The van der Waals surface area contributed by atoms with Gasteiger partial charge in [0.05, 0.1) is 19.9 Å². The van der Waals surface area contributed by atoms with Crippen molar-refractivity contribution in [2.45, 2.75) is 6.92 Å². The highest BCUT2D eigenvalue weighted by Gasteiger charge is 2.06. The minimum Gasteiger partial charge on any atom is -0.493 e. The van der Waals surface area contributed by atoms with E-state index in [2.05, 4.69) is 4.99 Å². The Bertz CT molecular complexity index is 577. The summed E-state index contributed by atoms with van der Waals surface area (Å²) in [6.07, 6.45) is 0. The summed E-state index contributed by atoms with van der Waals surface area (Å²) in [5.74, 6) is 1.43. The molecule has 0 aliphatic carbocycles. The van der Waals surface area contributed by atoms with Crippen molar-refractivity contribution in [1.82, 2.24) is 0 Å². The number of nitrogens with zero attached hydrogens (tertiary/aromatic N) is 1. The van der Waals surface area contributed by atoms with Crippen LogP contribution in [0.4, 0.5) is 5.69 Å². The van der Waals surface area contributed by atoms with Crippen molar-refractivity contribution in [2.24, 2.45) is 4.99 Å². The number of para-hydroxylation sites is 1. The summed E-state index contributed by atoms with van der Waals surface area (Å²) in [7, 11) is 3.26. The standard InChI is InChI=1S/C16H17NO2/c1-12(17-14-7-5-4-6-8-14)13-9-10-15(18-2)16(11-13)19-3/h4-11H,1-3H3.